The van der Waals surface area contributed by atoms with Crippen LogP contribution in [-0.4, -0.2) is 11.0 Å². The summed E-state index contributed by atoms with van der Waals surface area (Å²) in [5, 5.41) is 0.958. The Hall–Kier alpha value is -2.47. The highest BCUT2D eigenvalue weighted by molar-refractivity contribution is 7.11. The number of thiazole rings is 1. The molecule has 4 nitrogen and oxygen atoms in total. The summed E-state index contributed by atoms with van der Waals surface area (Å²) in [6, 6.07) is 9.89. The van der Waals surface area contributed by atoms with Gasteiger partial charge in [0.15, 0.2) is 0 Å². The summed E-state index contributed by atoms with van der Waals surface area (Å²) in [5.41, 5.74) is 1.31. The molecule has 0 spiro atoms. The summed E-state index contributed by atoms with van der Waals surface area (Å²) in [6.45, 7) is 4.07. The van der Waals surface area contributed by atoms with E-state index in [2.05, 4.69) is 4.98 Å². The lowest BCUT2D eigenvalue weighted by Crippen LogP contribution is -2.05. The number of carbonyl (C=O) groups is 1. The Morgan fingerprint density at radius 2 is 2.04 bits per heavy atom. The van der Waals surface area contributed by atoms with Gasteiger partial charge >= 0.3 is 5.97 Å². The van der Waals surface area contributed by atoms with Gasteiger partial charge in [0.25, 0.3) is 0 Å². The zero-order chi connectivity index (χ0) is 17.8. The second-order valence-corrected chi connectivity index (χ2v) is 6.94. The Morgan fingerprint density at radius 3 is 2.76 bits per heavy atom. The Morgan fingerprint density at radius 1 is 1.24 bits per heavy atom. The van der Waals surface area contributed by atoms with E-state index in [0.29, 0.717) is 23.5 Å². The molecule has 0 saturated carbocycles. The summed E-state index contributed by atoms with van der Waals surface area (Å²) in [5.74, 6) is 0.449. The van der Waals surface area contributed by atoms with E-state index in [1.54, 1.807) is 30.3 Å². The van der Waals surface area contributed by atoms with Gasteiger partial charge in [0.2, 0.25) is 0 Å². The van der Waals surface area contributed by atoms with E-state index in [-0.39, 0.29) is 24.8 Å². The molecule has 0 bridgehead atoms. The molecule has 3 rings (SSSR count). The van der Waals surface area contributed by atoms with Crippen molar-refractivity contribution < 1.29 is 18.3 Å². The second kappa shape index (κ2) is 7.61. The molecule has 0 fully saturated rings. The molecule has 1 aromatic carbocycles. The first-order valence-corrected chi connectivity index (χ1v) is 8.76. The molecule has 130 valence electrons. The number of ether oxygens (including phenoxy) is 1. The van der Waals surface area contributed by atoms with Crippen molar-refractivity contribution in [2.45, 2.75) is 33.3 Å². The van der Waals surface area contributed by atoms with Gasteiger partial charge in [-0.3, -0.25) is 4.79 Å². The topological polar surface area (TPSA) is 52.3 Å². The van der Waals surface area contributed by atoms with E-state index >= 15 is 0 Å². The van der Waals surface area contributed by atoms with Crippen molar-refractivity contribution in [3.05, 3.63) is 63.6 Å². The van der Waals surface area contributed by atoms with Crippen molar-refractivity contribution >= 4 is 17.3 Å². The fraction of sp³-hybridized carbons (Fsp3) is 0.263. The first-order chi connectivity index (χ1) is 12.0. The molecule has 0 aliphatic carbocycles. The number of furan rings is 1. The van der Waals surface area contributed by atoms with Crippen molar-refractivity contribution in [3.63, 3.8) is 0 Å². The predicted molar refractivity (Wildman–Crippen MR) is 93.8 cm³/mol. The fourth-order valence-electron chi connectivity index (χ4n) is 2.47. The summed E-state index contributed by atoms with van der Waals surface area (Å²) in [6.07, 6.45) is 0.620. The molecule has 0 amide bonds. The number of carbonyl (C=O) groups excluding carboxylic acids is 1. The van der Waals surface area contributed by atoms with Crippen LogP contribution < -0.4 is 0 Å². The SMILES string of the molecule is Cc1nc(C)c(COC(=O)CCc2ccc(-c3ccccc3F)o2)s1. The molecular weight excluding hydrogens is 341 g/mol. The summed E-state index contributed by atoms with van der Waals surface area (Å²) >= 11 is 1.53. The zero-order valence-corrected chi connectivity index (χ0v) is 14.9. The number of hydrogen-bond acceptors (Lipinski definition) is 5. The summed E-state index contributed by atoms with van der Waals surface area (Å²) < 4.78 is 24.7. The average molecular weight is 359 g/mol. The molecule has 6 heteroatoms. The van der Waals surface area contributed by atoms with Gasteiger partial charge in [0.1, 0.15) is 23.9 Å². The third kappa shape index (κ3) is 4.33. The van der Waals surface area contributed by atoms with Crippen LogP contribution in [0.4, 0.5) is 4.39 Å². The van der Waals surface area contributed by atoms with Gasteiger partial charge in [-0.15, -0.1) is 11.3 Å². The highest BCUT2D eigenvalue weighted by atomic mass is 32.1. The minimum absolute atomic E-state index is 0.209. The monoisotopic (exact) mass is 359 g/mol. The van der Waals surface area contributed by atoms with Gasteiger partial charge in [-0.1, -0.05) is 12.1 Å². The van der Waals surface area contributed by atoms with E-state index in [1.165, 1.54) is 17.4 Å². The number of benzene rings is 1. The molecule has 0 aliphatic rings. The Kier molecular flexibility index (Phi) is 5.28. The second-order valence-electron chi connectivity index (χ2n) is 5.65. The lowest BCUT2D eigenvalue weighted by Gasteiger charge is -2.03. The largest absolute Gasteiger partial charge is 0.461 e. The highest BCUT2D eigenvalue weighted by Gasteiger charge is 2.12. The molecule has 0 N–H and O–H groups in total. The standard InChI is InChI=1S/C19H18FNO3S/c1-12-18(25-13(2)21-12)11-23-19(22)10-8-14-7-9-17(24-14)15-5-3-4-6-16(15)20/h3-7,9H,8,10-11H2,1-2H3. The van der Waals surface area contributed by atoms with Crippen molar-refractivity contribution in [1.29, 1.82) is 0 Å². The first-order valence-electron chi connectivity index (χ1n) is 7.95. The van der Waals surface area contributed by atoms with Gasteiger partial charge in [0.05, 0.1) is 27.6 Å². The van der Waals surface area contributed by atoms with Gasteiger partial charge in [-0.2, -0.15) is 0 Å². The fourth-order valence-corrected chi connectivity index (χ4v) is 3.32. The highest BCUT2D eigenvalue weighted by Crippen LogP contribution is 2.25. The van der Waals surface area contributed by atoms with Crippen LogP contribution >= 0.6 is 11.3 Å². The Balaban J connectivity index is 1.53. The number of halogens is 1. The van der Waals surface area contributed by atoms with Crippen LogP contribution in [0.5, 0.6) is 0 Å². The molecule has 25 heavy (non-hydrogen) atoms. The molecule has 2 heterocycles. The molecule has 3 aromatic rings. The zero-order valence-electron chi connectivity index (χ0n) is 14.0. The number of esters is 1. The maximum absolute atomic E-state index is 13.8. The third-order valence-electron chi connectivity index (χ3n) is 3.74. The van der Waals surface area contributed by atoms with E-state index in [0.717, 1.165) is 15.6 Å². The molecule has 0 unspecified atom stereocenters. The maximum Gasteiger partial charge on any atom is 0.306 e. The van der Waals surface area contributed by atoms with E-state index in [9.17, 15) is 9.18 Å². The smallest absolute Gasteiger partial charge is 0.306 e. The lowest BCUT2D eigenvalue weighted by atomic mass is 10.1. The number of aromatic nitrogens is 1. The summed E-state index contributed by atoms with van der Waals surface area (Å²) in [4.78, 5) is 17.2. The van der Waals surface area contributed by atoms with Crippen LogP contribution in [0.25, 0.3) is 11.3 Å². The quantitative estimate of drug-likeness (QED) is 0.591. The molecule has 0 radical (unpaired) electrons. The Bertz CT molecular complexity index is 884. The number of nitrogens with zero attached hydrogens (tertiary/aromatic N) is 1. The van der Waals surface area contributed by atoms with Crippen LogP contribution in [0.15, 0.2) is 40.8 Å². The normalized spacial score (nSPS) is 10.8. The average Bonchev–Trinajstić information content (AvgIpc) is 3.17. The van der Waals surface area contributed by atoms with Crippen LogP contribution in [0.1, 0.15) is 27.8 Å². The summed E-state index contributed by atoms with van der Waals surface area (Å²) in [7, 11) is 0. The van der Waals surface area contributed by atoms with Gasteiger partial charge < -0.3 is 9.15 Å². The molecule has 0 aliphatic heterocycles. The van der Waals surface area contributed by atoms with Crippen molar-refractivity contribution in [1.82, 2.24) is 4.98 Å². The van der Waals surface area contributed by atoms with Crippen molar-refractivity contribution in [2.75, 3.05) is 0 Å². The molecule has 0 atom stereocenters. The minimum atomic E-state index is -0.335. The van der Waals surface area contributed by atoms with Crippen LogP contribution in [0, 0.1) is 19.7 Å². The van der Waals surface area contributed by atoms with Crippen molar-refractivity contribution in [2.24, 2.45) is 0 Å². The van der Waals surface area contributed by atoms with Crippen LogP contribution in [0.2, 0.25) is 0 Å². The molecule has 0 saturated heterocycles. The number of aryl methyl sites for hydroxylation is 3. The lowest BCUT2D eigenvalue weighted by molar-refractivity contribution is -0.144. The molecule has 2 aromatic heterocycles. The molecular formula is C19H18FNO3S. The van der Waals surface area contributed by atoms with Crippen LogP contribution in [-0.2, 0) is 22.6 Å². The number of hydrogen-bond donors (Lipinski definition) is 0. The minimum Gasteiger partial charge on any atom is -0.461 e. The third-order valence-corrected chi connectivity index (χ3v) is 4.79. The van der Waals surface area contributed by atoms with Gasteiger partial charge in [-0.05, 0) is 38.1 Å². The maximum atomic E-state index is 13.8. The number of rotatable bonds is 6. The van der Waals surface area contributed by atoms with Crippen molar-refractivity contribution in [3.8, 4) is 11.3 Å². The Labute approximate surface area is 149 Å². The van der Waals surface area contributed by atoms with Gasteiger partial charge in [-0.25, -0.2) is 9.37 Å². The van der Waals surface area contributed by atoms with E-state index < -0.39 is 0 Å². The van der Waals surface area contributed by atoms with E-state index in [1.807, 2.05) is 13.8 Å². The van der Waals surface area contributed by atoms with Crippen LogP contribution in [0.3, 0.4) is 0 Å². The van der Waals surface area contributed by atoms with E-state index in [4.69, 9.17) is 9.15 Å². The first kappa shape index (κ1) is 17.4. The van der Waals surface area contributed by atoms with Gasteiger partial charge in [0, 0.05) is 6.42 Å². The predicted octanol–water partition coefficient (Wildman–Crippen LogP) is 4.84.